The van der Waals surface area contributed by atoms with Crippen molar-refractivity contribution < 1.29 is 9.47 Å². The lowest BCUT2D eigenvalue weighted by molar-refractivity contribution is -0.106. The van der Waals surface area contributed by atoms with E-state index in [0.717, 1.165) is 51.9 Å². The van der Waals surface area contributed by atoms with Crippen molar-refractivity contribution >= 4 is 0 Å². The molecule has 0 atom stereocenters. The van der Waals surface area contributed by atoms with Crippen molar-refractivity contribution in [3.8, 4) is 0 Å². The van der Waals surface area contributed by atoms with Crippen molar-refractivity contribution in [3.05, 3.63) is 0 Å². The van der Waals surface area contributed by atoms with E-state index in [9.17, 15) is 0 Å². The molecule has 0 radical (unpaired) electrons. The maximum absolute atomic E-state index is 5.98. The Morgan fingerprint density at radius 2 is 1.88 bits per heavy atom. The summed E-state index contributed by atoms with van der Waals surface area (Å²) >= 11 is 0. The molecule has 0 unspecified atom stereocenters. The molecule has 4 nitrogen and oxygen atoms in total. The number of piperidine rings is 1. The largest absolute Gasteiger partial charge is 0.381 e. The summed E-state index contributed by atoms with van der Waals surface area (Å²) in [6, 6.07) is 0. The number of hydrogen-bond acceptors (Lipinski definition) is 4. The Morgan fingerprint density at radius 3 is 2.35 bits per heavy atom. The average molecular weight is 242 g/mol. The van der Waals surface area contributed by atoms with Gasteiger partial charge >= 0.3 is 0 Å². The van der Waals surface area contributed by atoms with Crippen LogP contribution >= 0.6 is 0 Å². The van der Waals surface area contributed by atoms with Gasteiger partial charge in [-0.05, 0) is 32.6 Å². The Bertz CT molecular complexity index is 234. The molecule has 0 aromatic heterocycles. The van der Waals surface area contributed by atoms with Gasteiger partial charge in [-0.2, -0.15) is 0 Å². The number of hydrogen-bond donors (Lipinski definition) is 1. The summed E-state index contributed by atoms with van der Waals surface area (Å²) in [5.74, 6) is 0. The number of rotatable bonds is 5. The van der Waals surface area contributed by atoms with Crippen LogP contribution in [0.15, 0.2) is 0 Å². The van der Waals surface area contributed by atoms with Gasteiger partial charge in [-0.3, -0.25) is 4.90 Å². The van der Waals surface area contributed by atoms with Gasteiger partial charge < -0.3 is 15.2 Å². The van der Waals surface area contributed by atoms with Crippen LogP contribution < -0.4 is 5.73 Å². The summed E-state index contributed by atoms with van der Waals surface area (Å²) in [6.45, 7) is 5.91. The lowest BCUT2D eigenvalue weighted by Gasteiger charge is -2.55. The highest BCUT2D eigenvalue weighted by molar-refractivity contribution is 5.05. The fourth-order valence-corrected chi connectivity index (χ4v) is 3.24. The van der Waals surface area contributed by atoms with Crippen LogP contribution in [0.1, 0.15) is 32.6 Å². The molecule has 1 heterocycles. The van der Waals surface area contributed by atoms with E-state index in [1.165, 1.54) is 0 Å². The SMILES string of the molecule is CCOC1CCN(C2(CN)CC(OC)C2)CC1. The van der Waals surface area contributed by atoms with Crippen molar-refractivity contribution in [3.63, 3.8) is 0 Å². The Kier molecular flexibility index (Phi) is 4.42. The molecule has 2 rings (SSSR count). The predicted molar refractivity (Wildman–Crippen MR) is 68.0 cm³/mol. The Balaban J connectivity index is 1.83. The second-order valence-electron chi connectivity index (χ2n) is 5.34. The van der Waals surface area contributed by atoms with Crippen LogP contribution in [-0.4, -0.2) is 56.0 Å². The molecule has 2 aliphatic rings. The molecule has 1 saturated carbocycles. The third kappa shape index (κ3) is 2.65. The number of nitrogens with two attached hydrogens (primary N) is 1. The zero-order valence-electron chi connectivity index (χ0n) is 11.2. The second-order valence-corrected chi connectivity index (χ2v) is 5.34. The molecule has 100 valence electrons. The van der Waals surface area contributed by atoms with Gasteiger partial charge in [-0.1, -0.05) is 0 Å². The first kappa shape index (κ1) is 13.3. The van der Waals surface area contributed by atoms with E-state index in [2.05, 4.69) is 11.8 Å². The van der Waals surface area contributed by atoms with Crippen molar-refractivity contribution in [2.24, 2.45) is 5.73 Å². The van der Waals surface area contributed by atoms with Gasteiger partial charge in [0.2, 0.25) is 0 Å². The molecular weight excluding hydrogens is 216 g/mol. The third-order valence-electron chi connectivity index (χ3n) is 4.44. The Labute approximate surface area is 104 Å². The smallest absolute Gasteiger partial charge is 0.0607 e. The van der Waals surface area contributed by atoms with Crippen LogP contribution in [0.3, 0.4) is 0 Å². The van der Waals surface area contributed by atoms with Crippen molar-refractivity contribution in [2.75, 3.05) is 33.4 Å². The standard InChI is InChI=1S/C13H26N2O2/c1-3-17-11-4-6-15(7-5-11)13(10-14)8-12(9-13)16-2/h11-12H,3-10,14H2,1-2H3. The number of methoxy groups -OCH3 is 1. The highest BCUT2D eigenvalue weighted by Gasteiger charge is 2.48. The topological polar surface area (TPSA) is 47.7 Å². The van der Waals surface area contributed by atoms with Crippen molar-refractivity contribution in [1.82, 2.24) is 4.90 Å². The highest BCUT2D eigenvalue weighted by atomic mass is 16.5. The molecule has 1 aliphatic carbocycles. The first-order valence-corrected chi connectivity index (χ1v) is 6.83. The first-order chi connectivity index (χ1) is 8.24. The van der Waals surface area contributed by atoms with E-state index in [4.69, 9.17) is 15.2 Å². The monoisotopic (exact) mass is 242 g/mol. The minimum atomic E-state index is 0.220. The molecule has 17 heavy (non-hydrogen) atoms. The van der Waals surface area contributed by atoms with E-state index in [1.807, 2.05) is 0 Å². The van der Waals surface area contributed by atoms with E-state index < -0.39 is 0 Å². The lowest BCUT2D eigenvalue weighted by atomic mass is 9.72. The zero-order valence-corrected chi connectivity index (χ0v) is 11.2. The predicted octanol–water partition coefficient (Wildman–Crippen LogP) is 0.994. The van der Waals surface area contributed by atoms with Crippen LogP contribution in [0, 0.1) is 0 Å². The van der Waals surface area contributed by atoms with Crippen molar-refractivity contribution in [1.29, 1.82) is 0 Å². The maximum Gasteiger partial charge on any atom is 0.0607 e. The maximum atomic E-state index is 5.98. The zero-order chi connectivity index (χ0) is 12.3. The molecule has 0 aromatic rings. The van der Waals surface area contributed by atoms with Crippen LogP contribution in [0.25, 0.3) is 0 Å². The molecule has 1 aliphatic heterocycles. The molecule has 2 N–H and O–H groups in total. The molecule has 0 bridgehead atoms. The minimum absolute atomic E-state index is 0.220. The normalized spacial score (nSPS) is 35.8. The van der Waals surface area contributed by atoms with Crippen LogP contribution in [-0.2, 0) is 9.47 Å². The van der Waals surface area contributed by atoms with E-state index >= 15 is 0 Å². The van der Waals surface area contributed by atoms with Gasteiger partial charge in [0.15, 0.2) is 0 Å². The van der Waals surface area contributed by atoms with Gasteiger partial charge in [0, 0.05) is 38.9 Å². The van der Waals surface area contributed by atoms with Crippen LogP contribution in [0.2, 0.25) is 0 Å². The fraction of sp³-hybridized carbons (Fsp3) is 1.00. The lowest BCUT2D eigenvalue weighted by Crippen LogP contribution is -2.65. The van der Waals surface area contributed by atoms with Gasteiger partial charge in [-0.25, -0.2) is 0 Å². The summed E-state index contributed by atoms with van der Waals surface area (Å²) in [4.78, 5) is 2.57. The second kappa shape index (κ2) is 5.65. The van der Waals surface area contributed by atoms with Crippen LogP contribution in [0.5, 0.6) is 0 Å². The fourth-order valence-electron chi connectivity index (χ4n) is 3.24. The van der Waals surface area contributed by atoms with Gasteiger partial charge in [-0.15, -0.1) is 0 Å². The third-order valence-corrected chi connectivity index (χ3v) is 4.44. The summed E-state index contributed by atoms with van der Waals surface area (Å²) < 4.78 is 11.1. The van der Waals surface area contributed by atoms with Crippen LogP contribution in [0.4, 0.5) is 0 Å². The molecule has 2 fully saturated rings. The number of nitrogens with zero attached hydrogens (tertiary/aromatic N) is 1. The summed E-state index contributed by atoms with van der Waals surface area (Å²) in [5.41, 5.74) is 6.20. The summed E-state index contributed by atoms with van der Waals surface area (Å²) in [6.07, 6.45) is 5.37. The Morgan fingerprint density at radius 1 is 1.24 bits per heavy atom. The summed E-state index contributed by atoms with van der Waals surface area (Å²) in [7, 11) is 1.80. The van der Waals surface area contributed by atoms with Crippen molar-refractivity contribution in [2.45, 2.75) is 50.4 Å². The number of likely N-dealkylation sites (tertiary alicyclic amines) is 1. The average Bonchev–Trinajstić information content (AvgIpc) is 2.31. The quantitative estimate of drug-likeness (QED) is 0.781. The summed E-state index contributed by atoms with van der Waals surface area (Å²) in [5, 5.41) is 0. The molecular formula is C13H26N2O2. The van der Waals surface area contributed by atoms with E-state index in [1.54, 1.807) is 7.11 Å². The minimum Gasteiger partial charge on any atom is -0.381 e. The van der Waals surface area contributed by atoms with Gasteiger partial charge in [0.1, 0.15) is 0 Å². The van der Waals surface area contributed by atoms with Gasteiger partial charge in [0.05, 0.1) is 12.2 Å². The number of ether oxygens (including phenoxy) is 2. The molecule has 1 saturated heterocycles. The Hall–Kier alpha value is -0.160. The van der Waals surface area contributed by atoms with E-state index in [0.29, 0.717) is 12.2 Å². The molecule has 4 heteroatoms. The highest BCUT2D eigenvalue weighted by Crippen LogP contribution is 2.40. The first-order valence-electron chi connectivity index (χ1n) is 6.83. The molecule has 0 spiro atoms. The molecule has 0 aromatic carbocycles. The molecule has 0 amide bonds. The van der Waals surface area contributed by atoms with Gasteiger partial charge in [0.25, 0.3) is 0 Å². The van der Waals surface area contributed by atoms with E-state index in [-0.39, 0.29) is 5.54 Å².